The number of hydrogen-bond acceptors (Lipinski definition) is 5. The van der Waals surface area contributed by atoms with E-state index in [0.717, 1.165) is 5.56 Å². The van der Waals surface area contributed by atoms with Crippen molar-refractivity contribution in [2.45, 2.75) is 26.0 Å². The van der Waals surface area contributed by atoms with Gasteiger partial charge in [0.25, 0.3) is 0 Å². The molecule has 1 unspecified atom stereocenters. The first-order valence-corrected chi connectivity index (χ1v) is 5.75. The Labute approximate surface area is 106 Å². The molecule has 0 aliphatic carbocycles. The van der Waals surface area contributed by atoms with Gasteiger partial charge in [0.2, 0.25) is 0 Å². The van der Waals surface area contributed by atoms with Crippen LogP contribution >= 0.6 is 0 Å². The molecule has 0 fully saturated rings. The summed E-state index contributed by atoms with van der Waals surface area (Å²) < 4.78 is 9.70. The second-order valence-corrected chi connectivity index (χ2v) is 3.71. The summed E-state index contributed by atoms with van der Waals surface area (Å²) >= 11 is 0. The van der Waals surface area contributed by atoms with Crippen molar-refractivity contribution in [1.29, 1.82) is 0 Å². The lowest BCUT2D eigenvalue weighted by molar-refractivity contribution is -0.152. The fourth-order valence-electron chi connectivity index (χ4n) is 1.32. The Hall–Kier alpha value is -1.88. The van der Waals surface area contributed by atoms with E-state index < -0.39 is 18.0 Å². The number of esters is 2. The fraction of sp³-hybridized carbons (Fsp3) is 0.385. The lowest BCUT2D eigenvalue weighted by Gasteiger charge is -2.10. The topological polar surface area (TPSA) is 78.6 Å². The quantitative estimate of drug-likeness (QED) is 0.763. The third-order valence-corrected chi connectivity index (χ3v) is 2.22. The van der Waals surface area contributed by atoms with Crippen molar-refractivity contribution in [3.63, 3.8) is 0 Å². The van der Waals surface area contributed by atoms with Gasteiger partial charge in [-0.15, -0.1) is 0 Å². The summed E-state index contributed by atoms with van der Waals surface area (Å²) in [4.78, 5) is 22.6. The molecule has 98 valence electrons. The van der Waals surface area contributed by atoms with Crippen LogP contribution in [-0.4, -0.2) is 24.6 Å². The Kier molecular flexibility index (Phi) is 5.87. The molecule has 0 aliphatic rings. The monoisotopic (exact) mass is 251 g/mol. The highest BCUT2D eigenvalue weighted by Gasteiger charge is 2.19. The van der Waals surface area contributed by atoms with E-state index in [9.17, 15) is 9.59 Å². The average Bonchev–Trinajstić information content (AvgIpc) is 2.37. The van der Waals surface area contributed by atoms with E-state index in [1.165, 1.54) is 0 Å². The maximum Gasteiger partial charge on any atom is 0.323 e. The Balaban J connectivity index is 2.34. The van der Waals surface area contributed by atoms with Gasteiger partial charge >= 0.3 is 11.9 Å². The number of ether oxygens (including phenoxy) is 2. The first-order chi connectivity index (χ1) is 8.63. The number of hydrogen-bond donors (Lipinski definition) is 1. The van der Waals surface area contributed by atoms with Gasteiger partial charge < -0.3 is 15.2 Å². The van der Waals surface area contributed by atoms with Gasteiger partial charge in [0.15, 0.2) is 0 Å². The van der Waals surface area contributed by atoms with Crippen molar-refractivity contribution in [1.82, 2.24) is 0 Å². The van der Waals surface area contributed by atoms with Crippen molar-refractivity contribution < 1.29 is 19.1 Å². The van der Waals surface area contributed by atoms with E-state index in [0.29, 0.717) is 0 Å². The number of nitrogens with two attached hydrogens (primary N) is 1. The molecule has 5 nitrogen and oxygen atoms in total. The summed E-state index contributed by atoms with van der Waals surface area (Å²) in [7, 11) is 0. The van der Waals surface area contributed by atoms with Gasteiger partial charge in [-0.05, 0) is 12.5 Å². The highest BCUT2D eigenvalue weighted by atomic mass is 16.5. The van der Waals surface area contributed by atoms with E-state index in [2.05, 4.69) is 0 Å². The molecule has 2 N–H and O–H groups in total. The second kappa shape index (κ2) is 7.45. The summed E-state index contributed by atoms with van der Waals surface area (Å²) in [6.45, 7) is 2.11. The molecule has 0 radical (unpaired) electrons. The first-order valence-electron chi connectivity index (χ1n) is 5.75. The Bertz CT molecular complexity index is 391. The van der Waals surface area contributed by atoms with Crippen LogP contribution in [0.2, 0.25) is 0 Å². The van der Waals surface area contributed by atoms with Gasteiger partial charge in [-0.2, -0.15) is 0 Å². The molecule has 0 saturated heterocycles. The van der Waals surface area contributed by atoms with Crippen LogP contribution in [0.15, 0.2) is 30.3 Å². The van der Waals surface area contributed by atoms with Crippen molar-refractivity contribution in [3.05, 3.63) is 35.9 Å². The van der Waals surface area contributed by atoms with Crippen molar-refractivity contribution in [3.8, 4) is 0 Å². The van der Waals surface area contributed by atoms with Gasteiger partial charge in [0, 0.05) is 0 Å². The fourth-order valence-corrected chi connectivity index (χ4v) is 1.32. The molecule has 0 spiro atoms. The van der Waals surface area contributed by atoms with E-state index in [1.54, 1.807) is 6.92 Å². The maximum absolute atomic E-state index is 11.5. The number of carbonyl (C=O) groups excluding carboxylic acids is 2. The summed E-state index contributed by atoms with van der Waals surface area (Å²) in [5, 5.41) is 0. The van der Waals surface area contributed by atoms with Crippen LogP contribution < -0.4 is 5.73 Å². The molecular weight excluding hydrogens is 234 g/mol. The largest absolute Gasteiger partial charge is 0.466 e. The zero-order chi connectivity index (χ0) is 13.4. The highest BCUT2D eigenvalue weighted by Crippen LogP contribution is 2.03. The van der Waals surface area contributed by atoms with E-state index in [4.69, 9.17) is 15.2 Å². The van der Waals surface area contributed by atoms with Gasteiger partial charge in [0.05, 0.1) is 13.0 Å². The van der Waals surface area contributed by atoms with E-state index >= 15 is 0 Å². The highest BCUT2D eigenvalue weighted by molar-refractivity contribution is 5.82. The van der Waals surface area contributed by atoms with Crippen LogP contribution in [0.25, 0.3) is 0 Å². The lowest BCUT2D eigenvalue weighted by atomic mass is 10.2. The predicted octanol–water partition coefficient (Wildman–Crippen LogP) is 1.01. The molecule has 1 rings (SSSR count). The number of benzene rings is 1. The van der Waals surface area contributed by atoms with Gasteiger partial charge in [-0.1, -0.05) is 30.3 Å². The van der Waals surface area contributed by atoms with Crippen LogP contribution in [0.5, 0.6) is 0 Å². The maximum atomic E-state index is 11.5. The minimum Gasteiger partial charge on any atom is -0.466 e. The standard InChI is InChI=1S/C13H17NO4/c1-2-17-12(15)8-11(14)13(16)18-9-10-6-4-3-5-7-10/h3-7,11H,2,8-9,14H2,1H3. The number of rotatable bonds is 6. The smallest absolute Gasteiger partial charge is 0.323 e. The molecule has 18 heavy (non-hydrogen) atoms. The van der Waals surface area contributed by atoms with Gasteiger partial charge in [0.1, 0.15) is 12.6 Å². The Morgan fingerprint density at radius 1 is 1.22 bits per heavy atom. The molecule has 0 aromatic heterocycles. The SMILES string of the molecule is CCOC(=O)CC(N)C(=O)OCc1ccccc1. The molecule has 0 bridgehead atoms. The van der Waals surface area contributed by atoms with Crippen LogP contribution in [0.4, 0.5) is 0 Å². The molecule has 0 saturated carbocycles. The van der Waals surface area contributed by atoms with E-state index in [1.807, 2.05) is 30.3 Å². The summed E-state index contributed by atoms with van der Waals surface area (Å²) in [6.07, 6.45) is -0.165. The molecule has 0 aliphatic heterocycles. The molecule has 0 heterocycles. The normalized spacial score (nSPS) is 11.7. The first kappa shape index (κ1) is 14.2. The molecule has 0 amide bonds. The van der Waals surface area contributed by atoms with Crippen molar-refractivity contribution >= 4 is 11.9 Å². The predicted molar refractivity (Wildman–Crippen MR) is 65.5 cm³/mol. The summed E-state index contributed by atoms with van der Waals surface area (Å²) in [5.41, 5.74) is 6.41. The van der Waals surface area contributed by atoms with Gasteiger partial charge in [-0.25, -0.2) is 0 Å². The Morgan fingerprint density at radius 3 is 2.50 bits per heavy atom. The van der Waals surface area contributed by atoms with Gasteiger partial charge in [-0.3, -0.25) is 9.59 Å². The van der Waals surface area contributed by atoms with Crippen LogP contribution in [0, 0.1) is 0 Å². The molecular formula is C13H17NO4. The average molecular weight is 251 g/mol. The van der Waals surface area contributed by atoms with Crippen LogP contribution in [-0.2, 0) is 25.7 Å². The summed E-state index contributed by atoms with van der Waals surface area (Å²) in [5.74, 6) is -1.10. The van der Waals surface area contributed by atoms with Crippen LogP contribution in [0.3, 0.4) is 0 Å². The number of carbonyl (C=O) groups is 2. The third-order valence-electron chi connectivity index (χ3n) is 2.22. The molecule has 1 aromatic carbocycles. The van der Waals surface area contributed by atoms with Crippen molar-refractivity contribution in [2.75, 3.05) is 6.61 Å². The minimum atomic E-state index is -0.979. The molecule has 1 aromatic rings. The third kappa shape index (κ3) is 4.97. The van der Waals surface area contributed by atoms with E-state index in [-0.39, 0.29) is 19.6 Å². The second-order valence-electron chi connectivity index (χ2n) is 3.71. The Morgan fingerprint density at radius 2 is 1.89 bits per heavy atom. The minimum absolute atomic E-state index is 0.149. The zero-order valence-corrected chi connectivity index (χ0v) is 10.3. The molecule has 1 atom stereocenters. The lowest BCUT2D eigenvalue weighted by Crippen LogP contribution is -2.35. The zero-order valence-electron chi connectivity index (χ0n) is 10.3. The van der Waals surface area contributed by atoms with Crippen molar-refractivity contribution in [2.24, 2.45) is 5.73 Å². The summed E-state index contributed by atoms with van der Waals surface area (Å²) in [6, 6.07) is 8.27. The molecule has 5 heteroatoms. The van der Waals surface area contributed by atoms with Crippen LogP contribution in [0.1, 0.15) is 18.9 Å².